The number of carbonyl (C=O) groups is 1. The van der Waals surface area contributed by atoms with Gasteiger partial charge in [0.1, 0.15) is 17.1 Å². The maximum Gasteiger partial charge on any atom is 0.333 e. The highest BCUT2D eigenvalue weighted by atomic mass is 16.7. The molecule has 1 heterocycles. The molecule has 3 rings (SSSR count). The molecule has 0 saturated carbocycles. The van der Waals surface area contributed by atoms with Gasteiger partial charge in [0.25, 0.3) is 0 Å². The lowest BCUT2D eigenvalue weighted by atomic mass is 10.1. The summed E-state index contributed by atoms with van der Waals surface area (Å²) in [5.74, 6) is 0.801. The quantitative estimate of drug-likeness (QED) is 0.285. The maximum absolute atomic E-state index is 10.8. The fourth-order valence-corrected chi connectivity index (χ4v) is 2.90. The summed E-state index contributed by atoms with van der Waals surface area (Å²) < 4.78 is 16.4. The van der Waals surface area contributed by atoms with Gasteiger partial charge in [0.05, 0.1) is 6.61 Å². The van der Waals surface area contributed by atoms with E-state index in [2.05, 4.69) is 6.58 Å². The van der Waals surface area contributed by atoms with E-state index in [0.29, 0.717) is 5.57 Å². The van der Waals surface area contributed by atoms with E-state index < -0.39 is 5.60 Å². The van der Waals surface area contributed by atoms with Crippen molar-refractivity contribution in [3.05, 3.63) is 84.0 Å². The van der Waals surface area contributed by atoms with E-state index in [9.17, 15) is 9.90 Å². The van der Waals surface area contributed by atoms with Crippen LogP contribution in [0.5, 0.6) is 11.5 Å². The maximum atomic E-state index is 10.8. The zero-order chi connectivity index (χ0) is 25.0. The molecule has 5 nitrogen and oxygen atoms in total. The van der Waals surface area contributed by atoms with Crippen LogP contribution in [0.2, 0.25) is 0 Å². The van der Waals surface area contributed by atoms with Crippen LogP contribution in [0, 0.1) is 0 Å². The van der Waals surface area contributed by atoms with Crippen molar-refractivity contribution in [2.45, 2.75) is 58.8 Å². The average Bonchev–Trinajstić information content (AvgIpc) is 2.79. The van der Waals surface area contributed by atoms with Crippen LogP contribution in [0.4, 0.5) is 0 Å². The van der Waals surface area contributed by atoms with E-state index in [-0.39, 0.29) is 18.0 Å². The zero-order valence-electron chi connectivity index (χ0n) is 20.6. The molecule has 1 atom stereocenters. The Morgan fingerprint density at radius 1 is 1.00 bits per heavy atom. The number of rotatable bonds is 6. The van der Waals surface area contributed by atoms with Crippen LogP contribution in [0.25, 0.3) is 12.2 Å². The Labute approximate surface area is 203 Å². The number of aromatic hydroxyl groups is 1. The molecule has 2 aromatic rings. The molecule has 0 radical (unpaired) electrons. The van der Waals surface area contributed by atoms with Crippen molar-refractivity contribution in [3.63, 3.8) is 0 Å². The van der Waals surface area contributed by atoms with E-state index in [1.165, 1.54) is 6.42 Å². The first-order valence-corrected chi connectivity index (χ1v) is 11.5. The third-order valence-corrected chi connectivity index (χ3v) is 4.61. The number of esters is 1. The van der Waals surface area contributed by atoms with Crippen LogP contribution in [0.3, 0.4) is 0 Å². The predicted molar refractivity (Wildman–Crippen MR) is 137 cm³/mol. The third kappa shape index (κ3) is 11.0. The fraction of sp³-hybridized carbons (Fsp3) is 0.345. The molecule has 34 heavy (non-hydrogen) atoms. The summed E-state index contributed by atoms with van der Waals surface area (Å²) >= 11 is 0. The molecule has 1 N–H and O–H groups in total. The molecular formula is C29H36O5. The van der Waals surface area contributed by atoms with Gasteiger partial charge in [-0.05, 0) is 75.9 Å². The first-order valence-electron chi connectivity index (χ1n) is 11.5. The molecule has 1 aliphatic heterocycles. The summed E-state index contributed by atoms with van der Waals surface area (Å²) in [5.41, 5.74) is 2.20. The number of hydrogen-bond acceptors (Lipinski definition) is 5. The monoisotopic (exact) mass is 464 g/mol. The summed E-state index contributed by atoms with van der Waals surface area (Å²) in [5, 5.41) is 9.25. The Balaban J connectivity index is 0.000000347. The largest absolute Gasteiger partial charge is 0.508 e. The number of allylic oxidation sites excluding steroid dienone is 2. The summed E-state index contributed by atoms with van der Waals surface area (Å²) in [6.07, 6.45) is 11.2. The van der Waals surface area contributed by atoms with Crippen LogP contribution in [0.1, 0.15) is 58.1 Å². The number of hydrogen-bond donors (Lipinski definition) is 1. The molecule has 0 spiro atoms. The molecule has 182 valence electrons. The van der Waals surface area contributed by atoms with Gasteiger partial charge in [0.15, 0.2) is 6.29 Å². The number of phenolic OH excluding ortho intramolecular Hbond substituents is 1. The Kier molecular flexibility index (Phi) is 10.6. The zero-order valence-corrected chi connectivity index (χ0v) is 20.6. The fourth-order valence-electron chi connectivity index (χ4n) is 2.90. The minimum absolute atomic E-state index is 0.103. The summed E-state index contributed by atoms with van der Waals surface area (Å²) in [7, 11) is 0. The number of phenols is 1. The first kappa shape index (κ1) is 26.9. The van der Waals surface area contributed by atoms with Gasteiger partial charge in [-0.15, -0.1) is 0 Å². The Morgan fingerprint density at radius 2 is 1.56 bits per heavy atom. The van der Waals surface area contributed by atoms with Crippen molar-refractivity contribution in [2.24, 2.45) is 0 Å². The van der Waals surface area contributed by atoms with Crippen molar-refractivity contribution in [2.75, 3.05) is 6.61 Å². The molecule has 1 fully saturated rings. The van der Waals surface area contributed by atoms with Crippen LogP contribution in [0.15, 0.2) is 72.8 Å². The minimum Gasteiger partial charge on any atom is -0.508 e. The van der Waals surface area contributed by atoms with Crippen molar-refractivity contribution < 1.29 is 24.1 Å². The van der Waals surface area contributed by atoms with Gasteiger partial charge in [-0.2, -0.15) is 0 Å². The van der Waals surface area contributed by atoms with E-state index in [0.717, 1.165) is 36.3 Å². The second kappa shape index (κ2) is 13.4. The van der Waals surface area contributed by atoms with E-state index >= 15 is 0 Å². The van der Waals surface area contributed by atoms with Crippen molar-refractivity contribution in [1.29, 1.82) is 0 Å². The second-order valence-electron chi connectivity index (χ2n) is 9.08. The predicted octanol–water partition coefficient (Wildman–Crippen LogP) is 6.93. The Hall–Kier alpha value is -3.31. The minimum atomic E-state index is -0.407. The highest BCUT2D eigenvalue weighted by molar-refractivity contribution is 5.87. The summed E-state index contributed by atoms with van der Waals surface area (Å²) in [6.45, 7) is 11.4. The smallest absolute Gasteiger partial charge is 0.333 e. The van der Waals surface area contributed by atoms with Gasteiger partial charge in [0.2, 0.25) is 0 Å². The molecular weight excluding hydrogens is 428 g/mol. The highest BCUT2D eigenvalue weighted by Crippen LogP contribution is 2.20. The van der Waals surface area contributed by atoms with Gasteiger partial charge in [-0.25, -0.2) is 4.79 Å². The lowest BCUT2D eigenvalue weighted by Crippen LogP contribution is -2.24. The lowest BCUT2D eigenvalue weighted by Gasteiger charge is -2.23. The summed E-state index contributed by atoms with van der Waals surface area (Å²) in [6, 6.07) is 15.1. The Bertz CT molecular complexity index is 957. The standard InChI is InChI=1S/C21H22O3.C8H14O2/c22-19-12-8-17(9-13-19)5-1-2-6-18-10-14-20(15-11-18)24-21-7-3-4-16-23-21;1-6(2)7(9)10-8(3,4)5/h1-2,5-6,8-15,21-22H,3-4,7,16H2;1H2,2-5H3. The normalized spacial score (nSPS) is 16.1. The SMILES string of the molecule is C=C(C)C(=O)OC(C)(C)C.Oc1ccc(C=CC=Cc2ccc(OC3CCCCO3)cc2)cc1. The molecule has 0 amide bonds. The highest BCUT2D eigenvalue weighted by Gasteiger charge is 2.16. The molecule has 0 bridgehead atoms. The lowest BCUT2D eigenvalue weighted by molar-refractivity contribution is -0.149. The Morgan fingerprint density at radius 3 is 2.00 bits per heavy atom. The van der Waals surface area contributed by atoms with Crippen LogP contribution in [-0.2, 0) is 14.3 Å². The van der Waals surface area contributed by atoms with Gasteiger partial charge in [-0.3, -0.25) is 0 Å². The van der Waals surface area contributed by atoms with Crippen LogP contribution >= 0.6 is 0 Å². The van der Waals surface area contributed by atoms with Gasteiger partial charge < -0.3 is 19.3 Å². The molecule has 1 aliphatic rings. The van der Waals surface area contributed by atoms with Gasteiger partial charge in [-0.1, -0.05) is 55.1 Å². The molecule has 0 aliphatic carbocycles. The molecule has 1 saturated heterocycles. The van der Waals surface area contributed by atoms with Crippen molar-refractivity contribution >= 4 is 18.1 Å². The second-order valence-corrected chi connectivity index (χ2v) is 9.08. The molecule has 0 aromatic heterocycles. The van der Waals surface area contributed by atoms with Crippen LogP contribution in [-0.4, -0.2) is 29.6 Å². The van der Waals surface area contributed by atoms with E-state index in [1.54, 1.807) is 19.1 Å². The number of ether oxygens (including phenoxy) is 3. The average molecular weight is 465 g/mol. The summed E-state index contributed by atoms with van der Waals surface area (Å²) in [4.78, 5) is 10.8. The van der Waals surface area contributed by atoms with Crippen molar-refractivity contribution in [1.82, 2.24) is 0 Å². The molecule has 1 unspecified atom stereocenters. The van der Waals surface area contributed by atoms with Crippen molar-refractivity contribution in [3.8, 4) is 11.5 Å². The van der Waals surface area contributed by atoms with Gasteiger partial charge in [0, 0.05) is 12.0 Å². The topological polar surface area (TPSA) is 65.0 Å². The molecule has 5 heteroatoms. The number of carbonyl (C=O) groups excluding carboxylic acids is 1. The third-order valence-electron chi connectivity index (χ3n) is 4.61. The van der Waals surface area contributed by atoms with E-state index in [1.807, 2.05) is 81.5 Å². The van der Waals surface area contributed by atoms with Crippen LogP contribution < -0.4 is 4.74 Å². The number of benzene rings is 2. The first-order chi connectivity index (χ1) is 16.1. The molecule has 2 aromatic carbocycles. The van der Waals surface area contributed by atoms with Gasteiger partial charge >= 0.3 is 5.97 Å². The van der Waals surface area contributed by atoms with E-state index in [4.69, 9.17) is 14.2 Å².